The van der Waals surface area contributed by atoms with Crippen LogP contribution in [-0.4, -0.2) is 22.5 Å². The molecule has 0 aliphatic carbocycles. The number of hydrogen-bond acceptors (Lipinski definition) is 1. The van der Waals surface area contributed by atoms with Gasteiger partial charge in [-0.15, -0.1) is 23.2 Å². The summed E-state index contributed by atoms with van der Waals surface area (Å²) in [5, 5.41) is 8.99. The van der Waals surface area contributed by atoms with Gasteiger partial charge in [-0.25, -0.2) is 0 Å². The summed E-state index contributed by atoms with van der Waals surface area (Å²) in [5.41, 5.74) is 0. The van der Waals surface area contributed by atoms with Crippen molar-refractivity contribution in [1.82, 2.24) is 0 Å². The van der Waals surface area contributed by atoms with Crippen molar-refractivity contribution in [3.63, 3.8) is 0 Å². The Morgan fingerprint density at radius 2 is 1.00 bits per heavy atom. The van der Waals surface area contributed by atoms with Crippen LogP contribution in [0.1, 0.15) is 96.8 Å². The molecule has 0 heterocycles. The predicted octanol–water partition coefficient (Wildman–Crippen LogP) is 6.67. The molecule has 0 rings (SSSR count). The Labute approximate surface area is 162 Å². The summed E-state index contributed by atoms with van der Waals surface area (Å²) in [6.07, 6.45) is 17.0. The Hall–Kier alpha value is 1.20. The first-order valence-electron chi connectivity index (χ1n) is 9.11. The van der Waals surface area contributed by atoms with Crippen molar-refractivity contribution in [3.8, 4) is 0 Å². The molecule has 0 bridgehead atoms. The van der Waals surface area contributed by atoms with Crippen LogP contribution >= 0.6 is 23.2 Å². The molecule has 138 valence electrons. The summed E-state index contributed by atoms with van der Waals surface area (Å²) >= 11 is 12.8. The zero-order valence-electron chi connectivity index (χ0n) is 14.3. The van der Waals surface area contributed by atoms with Crippen LogP contribution in [0.15, 0.2) is 0 Å². The third kappa shape index (κ3) is 17.6. The first kappa shape index (κ1) is 25.4. The normalized spacial score (nSPS) is 13.6. The van der Waals surface area contributed by atoms with Gasteiger partial charge < -0.3 is 5.11 Å². The molecule has 0 aliphatic rings. The van der Waals surface area contributed by atoms with Crippen molar-refractivity contribution in [3.05, 3.63) is 0 Å². The van der Waals surface area contributed by atoms with E-state index in [-0.39, 0.29) is 31.2 Å². The van der Waals surface area contributed by atoms with Crippen LogP contribution in [0.3, 0.4) is 0 Å². The van der Waals surface area contributed by atoms with E-state index in [1.165, 1.54) is 64.2 Å². The third-order valence-corrected chi connectivity index (χ3v) is 5.29. The van der Waals surface area contributed by atoms with E-state index in [9.17, 15) is 0 Å². The molecule has 0 aromatic heterocycles. The van der Waals surface area contributed by atoms with E-state index in [4.69, 9.17) is 28.3 Å². The van der Waals surface area contributed by atoms with Gasteiger partial charge >= 0.3 is 0 Å². The maximum Gasteiger partial charge on any atom is 0.0499 e. The second-order valence-electron chi connectivity index (χ2n) is 6.22. The van der Waals surface area contributed by atoms with Crippen LogP contribution in [0, 0.1) is 0 Å². The van der Waals surface area contributed by atoms with Gasteiger partial charge in [0.2, 0.25) is 0 Å². The fraction of sp³-hybridized carbons (Fsp3) is 1.00. The number of alkyl halides is 2. The summed E-state index contributed by atoms with van der Waals surface area (Å²) in [4.78, 5) is 0. The molecular formula is C18H36Cl2OPd. The summed E-state index contributed by atoms with van der Waals surface area (Å²) in [5.74, 6) is 0. The van der Waals surface area contributed by atoms with E-state index in [1.807, 2.05) is 0 Å². The number of rotatable bonds is 16. The van der Waals surface area contributed by atoms with Crippen LogP contribution in [0.4, 0.5) is 0 Å². The summed E-state index contributed by atoms with van der Waals surface area (Å²) in [6.45, 7) is 2.58. The minimum atomic E-state index is 0. The van der Waals surface area contributed by atoms with Gasteiger partial charge in [-0.05, 0) is 19.3 Å². The molecule has 0 aromatic rings. The Morgan fingerprint density at radius 1 is 0.636 bits per heavy atom. The molecule has 0 radical (unpaired) electrons. The van der Waals surface area contributed by atoms with Crippen molar-refractivity contribution < 1.29 is 25.5 Å². The zero-order valence-corrected chi connectivity index (χ0v) is 17.3. The van der Waals surface area contributed by atoms with E-state index < -0.39 is 0 Å². The van der Waals surface area contributed by atoms with Gasteiger partial charge in [0.15, 0.2) is 0 Å². The molecule has 0 saturated carbocycles. The van der Waals surface area contributed by atoms with Gasteiger partial charge in [-0.1, -0.05) is 77.6 Å². The van der Waals surface area contributed by atoms with Crippen molar-refractivity contribution in [2.24, 2.45) is 0 Å². The molecule has 1 N–H and O–H groups in total. The van der Waals surface area contributed by atoms with E-state index in [1.54, 1.807) is 0 Å². The van der Waals surface area contributed by atoms with Crippen LogP contribution in [0.2, 0.25) is 0 Å². The molecule has 2 unspecified atom stereocenters. The first-order valence-corrected chi connectivity index (χ1v) is 9.98. The molecule has 0 saturated heterocycles. The number of halogens is 2. The van der Waals surface area contributed by atoms with E-state index in [0.717, 1.165) is 25.7 Å². The quantitative estimate of drug-likeness (QED) is 0.160. The van der Waals surface area contributed by atoms with E-state index >= 15 is 0 Å². The molecule has 1 nitrogen and oxygen atoms in total. The topological polar surface area (TPSA) is 20.2 Å². The monoisotopic (exact) mass is 444 g/mol. The number of hydrogen-bond donors (Lipinski definition) is 1. The van der Waals surface area contributed by atoms with Gasteiger partial charge in [0.25, 0.3) is 0 Å². The zero-order chi connectivity index (χ0) is 15.8. The number of aliphatic hydroxyl groups excluding tert-OH is 1. The standard InChI is InChI=1S/C18H36Cl2O.Pd/c1-2-3-4-5-8-11-14-17(19)18(20)15-12-9-6-7-10-13-16-21;/h17-18,21H,2-16H2,1H3;. The minimum absolute atomic E-state index is 0. The molecule has 4 heteroatoms. The molecule has 22 heavy (non-hydrogen) atoms. The molecule has 2 atom stereocenters. The fourth-order valence-corrected chi connectivity index (χ4v) is 3.20. The predicted molar refractivity (Wildman–Crippen MR) is 96.7 cm³/mol. The Balaban J connectivity index is 0. The molecule has 0 aliphatic heterocycles. The largest absolute Gasteiger partial charge is 0.396 e. The van der Waals surface area contributed by atoms with Crippen molar-refractivity contribution in [1.29, 1.82) is 0 Å². The molecule has 0 spiro atoms. The maximum atomic E-state index is 8.70. The van der Waals surface area contributed by atoms with Crippen LogP contribution < -0.4 is 0 Å². The summed E-state index contributed by atoms with van der Waals surface area (Å²) < 4.78 is 0. The molecule has 0 aromatic carbocycles. The third-order valence-electron chi connectivity index (χ3n) is 4.11. The second-order valence-corrected chi connectivity index (χ2v) is 7.34. The van der Waals surface area contributed by atoms with Crippen LogP contribution in [-0.2, 0) is 20.4 Å². The van der Waals surface area contributed by atoms with Gasteiger partial charge in [0, 0.05) is 37.8 Å². The average molecular weight is 446 g/mol. The second kappa shape index (κ2) is 20.2. The van der Waals surface area contributed by atoms with Gasteiger partial charge in [-0.3, -0.25) is 0 Å². The van der Waals surface area contributed by atoms with Crippen molar-refractivity contribution in [2.75, 3.05) is 6.61 Å². The van der Waals surface area contributed by atoms with Gasteiger partial charge in [-0.2, -0.15) is 0 Å². The Bertz CT molecular complexity index is 206. The average Bonchev–Trinajstić information content (AvgIpc) is 2.49. The Morgan fingerprint density at radius 3 is 1.41 bits per heavy atom. The van der Waals surface area contributed by atoms with Crippen molar-refractivity contribution >= 4 is 23.2 Å². The number of unbranched alkanes of at least 4 members (excludes halogenated alkanes) is 10. The minimum Gasteiger partial charge on any atom is -0.396 e. The molecule has 0 fully saturated rings. The summed E-state index contributed by atoms with van der Waals surface area (Å²) in [6, 6.07) is 0. The van der Waals surface area contributed by atoms with E-state index in [0.29, 0.717) is 6.61 Å². The molecule has 0 amide bonds. The van der Waals surface area contributed by atoms with E-state index in [2.05, 4.69) is 6.92 Å². The van der Waals surface area contributed by atoms with Gasteiger partial charge in [0.1, 0.15) is 0 Å². The van der Waals surface area contributed by atoms with Crippen LogP contribution in [0.5, 0.6) is 0 Å². The van der Waals surface area contributed by atoms with Gasteiger partial charge in [0.05, 0.1) is 0 Å². The van der Waals surface area contributed by atoms with Crippen molar-refractivity contribution in [2.45, 2.75) is 108 Å². The molecular weight excluding hydrogens is 410 g/mol. The number of aliphatic hydroxyl groups is 1. The smallest absolute Gasteiger partial charge is 0.0499 e. The SMILES string of the molecule is CCCCCCCCC(Cl)C(Cl)CCCCCCCCO.[Pd]. The Kier molecular flexibility index (Phi) is 23.4. The first-order chi connectivity index (χ1) is 10.2. The summed E-state index contributed by atoms with van der Waals surface area (Å²) in [7, 11) is 0. The van der Waals surface area contributed by atoms with Crippen LogP contribution in [0.25, 0.3) is 0 Å². The fourth-order valence-electron chi connectivity index (χ4n) is 2.64. The maximum absolute atomic E-state index is 8.70.